The van der Waals surface area contributed by atoms with E-state index in [0.717, 1.165) is 11.5 Å². The summed E-state index contributed by atoms with van der Waals surface area (Å²) in [5.41, 5.74) is 0. The average Bonchev–Trinajstić information content (AvgIpc) is 2.29. The van der Waals surface area contributed by atoms with Gasteiger partial charge in [0.05, 0.1) is 6.42 Å². The number of hydrogen-bond donors (Lipinski definition) is 2. The molecule has 0 aliphatic heterocycles. The van der Waals surface area contributed by atoms with Crippen LogP contribution < -0.4 is 5.32 Å². The molecule has 5 nitrogen and oxygen atoms in total. The van der Waals surface area contributed by atoms with E-state index in [-0.39, 0.29) is 19.0 Å². The topological polar surface area (TPSA) is 69.6 Å². The molecule has 17 heavy (non-hydrogen) atoms. The molecular weight excluding hydrogens is 240 g/mol. The average molecular weight is 260 g/mol. The second-order valence-corrected chi connectivity index (χ2v) is 4.47. The quantitative estimate of drug-likeness (QED) is 0.486. The molecule has 0 saturated heterocycles. The summed E-state index contributed by atoms with van der Waals surface area (Å²) in [6.45, 7) is 6.78. The van der Waals surface area contributed by atoms with E-state index >= 15 is 0 Å². The Kier molecular flexibility index (Phi) is 9.33. The van der Waals surface area contributed by atoms with Gasteiger partial charge in [-0.1, -0.05) is 6.08 Å². The van der Waals surface area contributed by atoms with Crippen LogP contribution in [-0.4, -0.2) is 53.1 Å². The maximum absolute atomic E-state index is 11.6. The summed E-state index contributed by atoms with van der Waals surface area (Å²) >= 11 is 1.69. The number of nitrogens with zero attached hydrogens (tertiary/aromatic N) is 1. The SMILES string of the molecule is C=CCSCCNC(=O)N(CC)CCC(=O)O. The molecule has 98 valence electrons. The molecule has 0 heterocycles. The van der Waals surface area contributed by atoms with Crippen LogP contribution in [0.25, 0.3) is 0 Å². The lowest BCUT2D eigenvalue weighted by molar-refractivity contribution is -0.137. The molecule has 2 N–H and O–H groups in total. The van der Waals surface area contributed by atoms with Crippen molar-refractivity contribution in [3.8, 4) is 0 Å². The van der Waals surface area contributed by atoms with Crippen molar-refractivity contribution < 1.29 is 14.7 Å². The standard InChI is InChI=1S/C11H20N2O3S/c1-3-8-17-9-6-12-11(16)13(4-2)7-5-10(14)15/h3H,1,4-9H2,2H3,(H,12,16)(H,14,15). The highest BCUT2D eigenvalue weighted by Gasteiger charge is 2.11. The minimum absolute atomic E-state index is 0.0214. The molecule has 0 aromatic rings. The van der Waals surface area contributed by atoms with E-state index in [0.29, 0.717) is 13.1 Å². The van der Waals surface area contributed by atoms with Gasteiger partial charge in [-0.05, 0) is 6.92 Å². The van der Waals surface area contributed by atoms with Crippen LogP contribution in [0.2, 0.25) is 0 Å². The zero-order chi connectivity index (χ0) is 13.1. The summed E-state index contributed by atoms with van der Waals surface area (Å²) < 4.78 is 0. The van der Waals surface area contributed by atoms with Crippen LogP contribution in [-0.2, 0) is 4.79 Å². The Morgan fingerprint density at radius 3 is 2.76 bits per heavy atom. The van der Waals surface area contributed by atoms with E-state index in [1.807, 2.05) is 13.0 Å². The van der Waals surface area contributed by atoms with E-state index in [1.165, 1.54) is 4.90 Å². The number of hydrogen-bond acceptors (Lipinski definition) is 3. The molecule has 6 heteroatoms. The smallest absolute Gasteiger partial charge is 0.317 e. The van der Waals surface area contributed by atoms with Crippen LogP contribution in [0, 0.1) is 0 Å². The molecule has 0 aliphatic rings. The summed E-state index contributed by atoms with van der Waals surface area (Å²) in [7, 11) is 0. The van der Waals surface area contributed by atoms with Crippen molar-refractivity contribution in [2.75, 3.05) is 31.1 Å². The van der Waals surface area contributed by atoms with E-state index < -0.39 is 5.97 Å². The van der Waals surface area contributed by atoms with Crippen molar-refractivity contribution in [1.82, 2.24) is 10.2 Å². The molecule has 0 fully saturated rings. The van der Waals surface area contributed by atoms with Gasteiger partial charge in [0.1, 0.15) is 0 Å². The lowest BCUT2D eigenvalue weighted by atomic mass is 10.4. The summed E-state index contributed by atoms with van der Waals surface area (Å²) in [4.78, 5) is 23.5. The molecule has 0 bridgehead atoms. The molecule has 0 saturated carbocycles. The number of carbonyl (C=O) groups is 2. The van der Waals surface area contributed by atoms with Gasteiger partial charge in [-0.3, -0.25) is 4.79 Å². The minimum atomic E-state index is -0.891. The first-order valence-corrected chi connectivity index (χ1v) is 6.70. The monoisotopic (exact) mass is 260 g/mol. The summed E-state index contributed by atoms with van der Waals surface area (Å²) in [5, 5.41) is 11.3. The lowest BCUT2D eigenvalue weighted by Crippen LogP contribution is -2.41. The first-order valence-electron chi connectivity index (χ1n) is 5.55. The summed E-state index contributed by atoms with van der Waals surface area (Å²) in [5.74, 6) is 0.804. The van der Waals surface area contributed by atoms with Crippen molar-refractivity contribution >= 4 is 23.8 Å². The number of amides is 2. The van der Waals surface area contributed by atoms with Crippen molar-refractivity contribution in [3.05, 3.63) is 12.7 Å². The van der Waals surface area contributed by atoms with Crippen molar-refractivity contribution in [1.29, 1.82) is 0 Å². The number of urea groups is 1. The predicted octanol–water partition coefficient (Wildman–Crippen LogP) is 1.41. The first-order chi connectivity index (χ1) is 8.11. The van der Waals surface area contributed by atoms with E-state index in [1.54, 1.807) is 11.8 Å². The number of carboxylic acid groups (broad SMARTS) is 1. The second kappa shape index (κ2) is 10.0. The van der Waals surface area contributed by atoms with Gasteiger partial charge in [0.25, 0.3) is 0 Å². The van der Waals surface area contributed by atoms with Gasteiger partial charge in [-0.2, -0.15) is 11.8 Å². The molecule has 0 aromatic carbocycles. The highest BCUT2D eigenvalue weighted by atomic mass is 32.2. The molecule has 0 atom stereocenters. The largest absolute Gasteiger partial charge is 0.481 e. The Balaban J connectivity index is 3.75. The predicted molar refractivity (Wildman–Crippen MR) is 70.4 cm³/mol. The Bertz CT molecular complexity index is 259. The third kappa shape index (κ3) is 8.62. The Hall–Kier alpha value is -1.17. The highest BCUT2D eigenvalue weighted by molar-refractivity contribution is 7.99. The fourth-order valence-corrected chi connectivity index (χ4v) is 1.72. The zero-order valence-corrected chi connectivity index (χ0v) is 11.0. The second-order valence-electron chi connectivity index (χ2n) is 3.32. The molecule has 0 spiro atoms. The summed E-state index contributed by atoms with van der Waals surface area (Å²) in [6, 6.07) is -0.201. The van der Waals surface area contributed by atoms with Gasteiger partial charge in [0, 0.05) is 31.1 Å². The van der Waals surface area contributed by atoms with Gasteiger partial charge in [0.2, 0.25) is 0 Å². The highest BCUT2D eigenvalue weighted by Crippen LogP contribution is 1.98. The number of aliphatic carboxylic acids is 1. The zero-order valence-electron chi connectivity index (χ0n) is 10.1. The Morgan fingerprint density at radius 2 is 2.24 bits per heavy atom. The molecular formula is C11H20N2O3S. The van der Waals surface area contributed by atoms with Crippen LogP contribution in [0.15, 0.2) is 12.7 Å². The minimum Gasteiger partial charge on any atom is -0.481 e. The van der Waals surface area contributed by atoms with Crippen LogP contribution >= 0.6 is 11.8 Å². The molecule has 0 unspecified atom stereocenters. The number of rotatable bonds is 9. The van der Waals surface area contributed by atoms with Crippen molar-refractivity contribution in [2.45, 2.75) is 13.3 Å². The van der Waals surface area contributed by atoms with Gasteiger partial charge in [0.15, 0.2) is 0 Å². The van der Waals surface area contributed by atoms with Crippen LogP contribution in [0.1, 0.15) is 13.3 Å². The van der Waals surface area contributed by atoms with Crippen molar-refractivity contribution in [3.63, 3.8) is 0 Å². The Morgan fingerprint density at radius 1 is 1.53 bits per heavy atom. The third-order valence-corrected chi connectivity index (χ3v) is 2.99. The van der Waals surface area contributed by atoms with Crippen LogP contribution in [0.5, 0.6) is 0 Å². The normalized spacial score (nSPS) is 9.71. The summed E-state index contributed by atoms with van der Waals surface area (Å²) in [6.07, 6.45) is 1.80. The third-order valence-electron chi connectivity index (χ3n) is 2.02. The van der Waals surface area contributed by atoms with Gasteiger partial charge >= 0.3 is 12.0 Å². The van der Waals surface area contributed by atoms with Crippen LogP contribution in [0.4, 0.5) is 4.79 Å². The van der Waals surface area contributed by atoms with E-state index in [2.05, 4.69) is 11.9 Å². The molecule has 0 aromatic heterocycles. The number of nitrogens with one attached hydrogen (secondary N) is 1. The molecule has 0 aliphatic carbocycles. The van der Waals surface area contributed by atoms with Crippen LogP contribution in [0.3, 0.4) is 0 Å². The van der Waals surface area contributed by atoms with E-state index in [4.69, 9.17) is 5.11 Å². The molecule has 0 radical (unpaired) electrons. The van der Waals surface area contributed by atoms with Gasteiger partial charge < -0.3 is 15.3 Å². The number of carboxylic acids is 1. The lowest BCUT2D eigenvalue weighted by Gasteiger charge is -2.20. The van der Waals surface area contributed by atoms with Gasteiger partial charge in [-0.25, -0.2) is 4.79 Å². The number of thioether (sulfide) groups is 1. The number of carbonyl (C=O) groups excluding carboxylic acids is 1. The maximum atomic E-state index is 11.6. The first kappa shape index (κ1) is 15.8. The maximum Gasteiger partial charge on any atom is 0.317 e. The fourth-order valence-electron chi connectivity index (χ4n) is 1.14. The van der Waals surface area contributed by atoms with Crippen molar-refractivity contribution in [2.24, 2.45) is 0 Å². The van der Waals surface area contributed by atoms with E-state index in [9.17, 15) is 9.59 Å². The Labute approximate surface area is 106 Å². The molecule has 2 amide bonds. The fraction of sp³-hybridized carbons (Fsp3) is 0.636. The molecule has 0 rings (SSSR count). The van der Waals surface area contributed by atoms with Gasteiger partial charge in [-0.15, -0.1) is 6.58 Å².